The molecule has 2 rings (SSSR count). The van der Waals surface area contributed by atoms with Gasteiger partial charge in [-0.15, -0.1) is 11.4 Å². The first kappa shape index (κ1) is 29.7. The van der Waals surface area contributed by atoms with E-state index in [1.165, 1.54) is 69.2 Å². The van der Waals surface area contributed by atoms with E-state index in [1.54, 1.807) is 0 Å². The zero-order valence-corrected chi connectivity index (χ0v) is 23.4. The third-order valence-corrected chi connectivity index (χ3v) is 6.12. The Morgan fingerprint density at radius 3 is 1.82 bits per heavy atom. The van der Waals surface area contributed by atoms with Crippen LogP contribution in [-0.4, -0.2) is 29.7 Å². The van der Waals surface area contributed by atoms with Crippen molar-refractivity contribution in [1.29, 1.82) is 0 Å². The fourth-order valence-electron chi connectivity index (χ4n) is 4.09. The van der Waals surface area contributed by atoms with E-state index in [-0.39, 0.29) is 41.0 Å². The number of unbranched alkanes of at least 4 members (excludes halogenated alkanes) is 10. The van der Waals surface area contributed by atoms with Gasteiger partial charge in [0.25, 0.3) is 5.91 Å². The number of amides is 1. The summed E-state index contributed by atoms with van der Waals surface area (Å²) in [7, 11) is 0. The van der Waals surface area contributed by atoms with Crippen LogP contribution in [0.4, 0.5) is 5.69 Å². The Kier molecular flexibility index (Phi) is 15.5. The third kappa shape index (κ3) is 9.84. The molecule has 0 N–H and O–H groups in total. The second-order valence-corrected chi connectivity index (χ2v) is 8.93. The summed E-state index contributed by atoms with van der Waals surface area (Å²) in [6, 6.07) is 7.68. The minimum Gasteiger partial charge on any atom is -0.877 e. The first-order chi connectivity index (χ1) is 15.6. The first-order valence-corrected chi connectivity index (χ1v) is 12.7. The van der Waals surface area contributed by atoms with Gasteiger partial charge >= 0.3 is 29.6 Å². The Labute approximate surface area is 223 Å². The van der Waals surface area contributed by atoms with Crippen LogP contribution in [-0.2, 0) is 4.79 Å². The van der Waals surface area contributed by atoms with Crippen molar-refractivity contribution in [3.8, 4) is 0 Å². The van der Waals surface area contributed by atoms with Crippen LogP contribution in [0.15, 0.2) is 41.2 Å². The van der Waals surface area contributed by atoms with E-state index in [4.69, 9.17) is 0 Å². The van der Waals surface area contributed by atoms with E-state index in [0.29, 0.717) is 17.8 Å². The van der Waals surface area contributed by atoms with Gasteiger partial charge in [0.2, 0.25) is 0 Å². The summed E-state index contributed by atoms with van der Waals surface area (Å²) >= 11 is 0. The van der Waals surface area contributed by atoms with Crippen LogP contribution in [0.25, 0.3) is 0 Å². The normalized spacial score (nSPS) is 14.5. The van der Waals surface area contributed by atoms with Gasteiger partial charge < -0.3 is 10.0 Å². The zero-order valence-electron chi connectivity index (χ0n) is 21.4. The molecule has 1 amide bonds. The number of anilines is 1. The topological polar surface area (TPSA) is 59.0 Å². The molecule has 1 aromatic carbocycles. The number of aryl methyl sites for hydroxylation is 1. The van der Waals surface area contributed by atoms with Gasteiger partial charge in [-0.25, -0.2) is 0 Å². The van der Waals surface area contributed by atoms with Gasteiger partial charge in [0.1, 0.15) is 0 Å². The minimum absolute atomic E-state index is 0. The maximum Gasteiger partial charge on any atom is 1.00 e. The molecule has 1 aliphatic heterocycles. The predicted molar refractivity (Wildman–Crippen MR) is 133 cm³/mol. The third-order valence-electron chi connectivity index (χ3n) is 6.12. The van der Waals surface area contributed by atoms with Crippen LogP contribution in [0.2, 0.25) is 0 Å². The molecule has 0 fully saturated rings. The van der Waals surface area contributed by atoms with Gasteiger partial charge in [0.05, 0.1) is 11.3 Å². The average molecular weight is 464 g/mol. The molecular formula is C27H42N3NaO2. The fourth-order valence-corrected chi connectivity index (χ4v) is 4.09. The molecule has 0 atom stereocenters. The van der Waals surface area contributed by atoms with E-state index >= 15 is 0 Å². The summed E-state index contributed by atoms with van der Waals surface area (Å²) in [5.41, 5.74) is 2.01. The van der Waals surface area contributed by atoms with E-state index in [0.717, 1.165) is 31.5 Å². The molecule has 0 aliphatic carbocycles. The summed E-state index contributed by atoms with van der Waals surface area (Å²) in [5.74, 6) is 0.224. The van der Waals surface area contributed by atoms with Gasteiger partial charge in [-0.3, -0.25) is 4.79 Å². The Bertz CT molecular complexity index is 730. The Morgan fingerprint density at radius 1 is 0.848 bits per heavy atom. The van der Waals surface area contributed by atoms with Crippen LogP contribution < -0.4 is 39.7 Å². The fraction of sp³-hybridized carbons (Fsp3) is 0.630. The number of benzene rings is 1. The SMILES string of the molecule is CCCCCCCCN(CCCCCCCC)C1=NN(c2ccc(C)cc2)C(=O)/C1=C\[O-].[Na+]. The van der Waals surface area contributed by atoms with Crippen molar-refractivity contribution in [2.75, 3.05) is 18.1 Å². The molecule has 0 saturated heterocycles. The quantitative estimate of drug-likeness (QED) is 0.174. The first-order valence-electron chi connectivity index (χ1n) is 12.7. The molecule has 0 spiro atoms. The number of carbonyl (C=O) groups excluding carboxylic acids is 1. The van der Waals surface area contributed by atoms with E-state index in [1.807, 2.05) is 31.2 Å². The van der Waals surface area contributed by atoms with Crippen LogP contribution in [0, 0.1) is 6.92 Å². The minimum atomic E-state index is -0.324. The van der Waals surface area contributed by atoms with Crippen LogP contribution in [0.3, 0.4) is 0 Å². The molecule has 178 valence electrons. The summed E-state index contributed by atoms with van der Waals surface area (Å²) in [5, 5.41) is 17.9. The predicted octanol–water partition coefficient (Wildman–Crippen LogP) is 2.93. The van der Waals surface area contributed by atoms with Crippen molar-refractivity contribution >= 4 is 17.4 Å². The van der Waals surface area contributed by atoms with Crippen LogP contribution in [0.1, 0.15) is 96.5 Å². The van der Waals surface area contributed by atoms with Crippen molar-refractivity contribution in [1.82, 2.24) is 4.90 Å². The molecule has 0 saturated carbocycles. The molecule has 0 bridgehead atoms. The van der Waals surface area contributed by atoms with Crippen molar-refractivity contribution in [2.45, 2.75) is 97.8 Å². The molecule has 33 heavy (non-hydrogen) atoms. The van der Waals surface area contributed by atoms with Crippen molar-refractivity contribution in [3.63, 3.8) is 0 Å². The number of nitrogens with zero attached hydrogens (tertiary/aromatic N) is 3. The molecular weight excluding hydrogens is 421 g/mol. The maximum absolute atomic E-state index is 12.9. The number of amidine groups is 1. The molecule has 5 nitrogen and oxygen atoms in total. The molecule has 0 aromatic heterocycles. The van der Waals surface area contributed by atoms with Gasteiger partial charge in [0.15, 0.2) is 5.84 Å². The largest absolute Gasteiger partial charge is 1.00 e. The Hall–Kier alpha value is -1.30. The number of carbonyl (C=O) groups is 1. The van der Waals surface area contributed by atoms with Crippen molar-refractivity contribution in [3.05, 3.63) is 41.7 Å². The zero-order chi connectivity index (χ0) is 23.2. The molecule has 1 aromatic rings. The number of rotatable bonds is 15. The van der Waals surface area contributed by atoms with E-state index < -0.39 is 0 Å². The molecule has 0 unspecified atom stereocenters. The summed E-state index contributed by atoms with van der Waals surface area (Å²) in [4.78, 5) is 15.1. The van der Waals surface area contributed by atoms with Crippen molar-refractivity contribution < 1.29 is 39.5 Å². The van der Waals surface area contributed by atoms with E-state index in [2.05, 4.69) is 23.8 Å². The summed E-state index contributed by atoms with van der Waals surface area (Å²) in [6.45, 7) is 8.15. The van der Waals surface area contributed by atoms with Crippen molar-refractivity contribution in [2.24, 2.45) is 5.10 Å². The molecule has 1 aliphatic rings. The van der Waals surface area contributed by atoms with Crippen LogP contribution >= 0.6 is 0 Å². The summed E-state index contributed by atoms with van der Waals surface area (Å²) < 4.78 is 0. The van der Waals surface area contributed by atoms with E-state index in [9.17, 15) is 9.90 Å². The Morgan fingerprint density at radius 2 is 1.33 bits per heavy atom. The smallest absolute Gasteiger partial charge is 0.877 e. The molecule has 0 radical (unpaired) electrons. The molecule has 6 heteroatoms. The summed E-state index contributed by atoms with van der Waals surface area (Å²) in [6.07, 6.45) is 15.3. The second kappa shape index (κ2) is 17.2. The van der Waals surface area contributed by atoms with Crippen LogP contribution in [0.5, 0.6) is 0 Å². The maximum atomic E-state index is 12.9. The second-order valence-electron chi connectivity index (χ2n) is 8.93. The average Bonchev–Trinajstić information content (AvgIpc) is 3.13. The number of hydrazone groups is 1. The number of hydrogen-bond acceptors (Lipinski definition) is 4. The standard InChI is InChI=1S/C27H43N3O2.Na/c1-4-6-8-10-12-14-20-29(21-15-13-11-9-7-5-2)26-25(22-31)27(32)30(28-26)24-18-16-23(3)17-19-24;/h16-19,22,31H,4-15,20-21H2,1-3H3;/q;+1/p-1/b25-22-;. The van der Waals surface area contributed by atoms with Gasteiger partial charge in [0, 0.05) is 13.1 Å². The molecule has 1 heterocycles. The number of hydrogen-bond donors (Lipinski definition) is 0. The monoisotopic (exact) mass is 463 g/mol. The van der Waals surface area contributed by atoms with Gasteiger partial charge in [-0.1, -0.05) is 95.8 Å². The Balaban J connectivity index is 0.00000544. The van der Waals surface area contributed by atoms with Gasteiger partial charge in [-0.2, -0.15) is 5.01 Å². The van der Waals surface area contributed by atoms with Gasteiger partial charge in [-0.05, 0) is 31.9 Å².